The van der Waals surface area contributed by atoms with Crippen LogP contribution in [0.15, 0.2) is 48.5 Å². The Balaban J connectivity index is 2.03. The lowest BCUT2D eigenvalue weighted by atomic mass is 9.87. The lowest BCUT2D eigenvalue weighted by Gasteiger charge is -2.19. The minimum Gasteiger partial charge on any atom is -0.348 e. The summed E-state index contributed by atoms with van der Waals surface area (Å²) in [6, 6.07) is 16.1. The first-order chi connectivity index (χ1) is 11.3. The van der Waals surface area contributed by atoms with Gasteiger partial charge < -0.3 is 10.2 Å². The highest BCUT2D eigenvalue weighted by Crippen LogP contribution is 2.22. The van der Waals surface area contributed by atoms with Gasteiger partial charge in [0.2, 0.25) is 0 Å². The van der Waals surface area contributed by atoms with Gasteiger partial charge in [0, 0.05) is 18.7 Å². The number of nitrogens with zero attached hydrogens (tertiary/aromatic N) is 1. The molecule has 2 rings (SSSR count). The number of nitrogens with one attached hydrogen (secondary N) is 1. The van der Waals surface area contributed by atoms with Crippen LogP contribution in [0.1, 0.15) is 47.8 Å². The minimum absolute atomic E-state index is 0.0323. The first-order valence-corrected chi connectivity index (χ1v) is 8.37. The molecule has 1 N–H and O–H groups in total. The van der Waals surface area contributed by atoms with Crippen LogP contribution in [0.2, 0.25) is 0 Å². The fourth-order valence-electron chi connectivity index (χ4n) is 2.62. The van der Waals surface area contributed by atoms with Crippen LogP contribution in [0.25, 0.3) is 0 Å². The van der Waals surface area contributed by atoms with Crippen LogP contribution >= 0.6 is 0 Å². The Morgan fingerprint density at radius 3 is 2.08 bits per heavy atom. The molecule has 0 aromatic heterocycles. The third-order valence-corrected chi connectivity index (χ3v) is 4.06. The normalized spacial score (nSPS) is 11.6. The molecule has 0 aliphatic carbocycles. The van der Waals surface area contributed by atoms with Crippen LogP contribution < -0.4 is 5.32 Å². The molecular formula is C21H28N2O. The van der Waals surface area contributed by atoms with Gasteiger partial charge in [-0.05, 0) is 48.3 Å². The van der Waals surface area contributed by atoms with Gasteiger partial charge in [-0.1, -0.05) is 57.2 Å². The summed E-state index contributed by atoms with van der Waals surface area (Å²) >= 11 is 0. The zero-order valence-electron chi connectivity index (χ0n) is 15.4. The van der Waals surface area contributed by atoms with Gasteiger partial charge in [0.25, 0.3) is 5.91 Å². The molecule has 0 aliphatic rings. The second-order valence-electron chi connectivity index (χ2n) is 7.52. The Bertz CT molecular complexity index is 682. The molecule has 0 spiro atoms. The molecule has 3 heteroatoms. The Morgan fingerprint density at radius 1 is 0.958 bits per heavy atom. The van der Waals surface area contributed by atoms with Crippen molar-refractivity contribution in [3.8, 4) is 0 Å². The summed E-state index contributed by atoms with van der Waals surface area (Å²) < 4.78 is 0. The highest BCUT2D eigenvalue weighted by molar-refractivity contribution is 5.94. The van der Waals surface area contributed by atoms with Gasteiger partial charge in [0.1, 0.15) is 0 Å². The van der Waals surface area contributed by atoms with Crippen molar-refractivity contribution in [2.45, 2.75) is 39.3 Å². The van der Waals surface area contributed by atoms with Crippen molar-refractivity contribution >= 4 is 5.91 Å². The van der Waals surface area contributed by atoms with E-state index in [9.17, 15) is 4.79 Å². The van der Waals surface area contributed by atoms with E-state index in [2.05, 4.69) is 43.1 Å². The summed E-state index contributed by atoms with van der Waals surface area (Å²) in [6.07, 6.45) is 0. The van der Waals surface area contributed by atoms with E-state index in [1.807, 2.05) is 50.5 Å². The fourth-order valence-corrected chi connectivity index (χ4v) is 2.62. The Hall–Kier alpha value is -2.13. The summed E-state index contributed by atoms with van der Waals surface area (Å²) in [5.74, 6) is -0.0323. The Kier molecular flexibility index (Phi) is 5.79. The van der Waals surface area contributed by atoms with Gasteiger partial charge in [-0.2, -0.15) is 0 Å². The number of benzene rings is 2. The SMILES string of the molecule is CN(C)Cc1ccccc1CNC(=O)c1ccc(C(C)(C)C)cc1. The molecule has 0 fully saturated rings. The zero-order valence-corrected chi connectivity index (χ0v) is 15.4. The van der Waals surface area contributed by atoms with Crippen LogP contribution in [-0.4, -0.2) is 24.9 Å². The maximum Gasteiger partial charge on any atom is 0.251 e. The number of carbonyl (C=O) groups is 1. The fraction of sp³-hybridized carbons (Fsp3) is 0.381. The van der Waals surface area contributed by atoms with Crippen LogP contribution in [0, 0.1) is 0 Å². The van der Waals surface area contributed by atoms with Crippen LogP contribution in [-0.2, 0) is 18.5 Å². The van der Waals surface area contributed by atoms with Gasteiger partial charge >= 0.3 is 0 Å². The third kappa shape index (κ3) is 4.93. The molecular weight excluding hydrogens is 296 g/mol. The maximum atomic E-state index is 12.4. The van der Waals surface area contributed by atoms with E-state index in [0.29, 0.717) is 12.1 Å². The molecule has 24 heavy (non-hydrogen) atoms. The minimum atomic E-state index is -0.0323. The van der Waals surface area contributed by atoms with Crippen LogP contribution in [0.4, 0.5) is 0 Å². The van der Waals surface area contributed by atoms with Crippen molar-refractivity contribution in [1.82, 2.24) is 10.2 Å². The van der Waals surface area contributed by atoms with E-state index in [-0.39, 0.29) is 11.3 Å². The summed E-state index contributed by atoms with van der Waals surface area (Å²) in [7, 11) is 4.10. The standard InChI is InChI=1S/C21H28N2O/c1-21(2,3)19-12-10-16(11-13-19)20(24)22-14-17-8-6-7-9-18(17)15-23(4)5/h6-13H,14-15H2,1-5H3,(H,22,24). The molecule has 0 heterocycles. The molecule has 0 saturated heterocycles. The Morgan fingerprint density at radius 2 is 1.54 bits per heavy atom. The summed E-state index contributed by atoms with van der Waals surface area (Å²) in [5.41, 5.74) is 4.43. The molecule has 3 nitrogen and oxygen atoms in total. The smallest absolute Gasteiger partial charge is 0.251 e. The van der Waals surface area contributed by atoms with E-state index in [4.69, 9.17) is 0 Å². The van der Waals surface area contributed by atoms with Crippen LogP contribution in [0.3, 0.4) is 0 Å². The molecule has 128 valence electrons. The van der Waals surface area contributed by atoms with Gasteiger partial charge in [0.05, 0.1) is 0 Å². The average molecular weight is 324 g/mol. The predicted molar refractivity (Wildman–Crippen MR) is 100 cm³/mol. The molecule has 2 aromatic rings. The van der Waals surface area contributed by atoms with Crippen molar-refractivity contribution < 1.29 is 4.79 Å². The lowest BCUT2D eigenvalue weighted by molar-refractivity contribution is 0.0950. The van der Waals surface area contributed by atoms with Gasteiger partial charge in [0.15, 0.2) is 0 Å². The summed E-state index contributed by atoms with van der Waals surface area (Å²) in [4.78, 5) is 14.5. The largest absolute Gasteiger partial charge is 0.348 e. The maximum absolute atomic E-state index is 12.4. The predicted octanol–water partition coefficient (Wildman–Crippen LogP) is 3.98. The van der Waals surface area contributed by atoms with Crippen molar-refractivity contribution in [2.24, 2.45) is 0 Å². The first kappa shape index (κ1) is 18.2. The number of hydrogen-bond acceptors (Lipinski definition) is 2. The van der Waals surface area contributed by atoms with Gasteiger partial charge in [-0.3, -0.25) is 4.79 Å². The van der Waals surface area contributed by atoms with E-state index in [1.165, 1.54) is 11.1 Å². The Labute approximate surface area is 145 Å². The quantitative estimate of drug-likeness (QED) is 0.902. The van der Waals surface area contributed by atoms with E-state index >= 15 is 0 Å². The zero-order chi connectivity index (χ0) is 17.7. The second kappa shape index (κ2) is 7.63. The monoisotopic (exact) mass is 324 g/mol. The lowest BCUT2D eigenvalue weighted by Crippen LogP contribution is -2.24. The molecule has 2 aromatic carbocycles. The highest BCUT2D eigenvalue weighted by Gasteiger charge is 2.14. The van der Waals surface area contributed by atoms with Crippen molar-refractivity contribution in [2.75, 3.05) is 14.1 Å². The molecule has 0 saturated carbocycles. The average Bonchev–Trinajstić information content (AvgIpc) is 2.52. The van der Waals surface area contributed by atoms with Crippen molar-refractivity contribution in [3.05, 3.63) is 70.8 Å². The summed E-state index contributed by atoms with van der Waals surface area (Å²) in [6.45, 7) is 7.92. The van der Waals surface area contributed by atoms with Gasteiger partial charge in [-0.25, -0.2) is 0 Å². The molecule has 0 unspecified atom stereocenters. The first-order valence-electron chi connectivity index (χ1n) is 8.37. The third-order valence-electron chi connectivity index (χ3n) is 4.06. The van der Waals surface area contributed by atoms with E-state index in [1.54, 1.807) is 0 Å². The summed E-state index contributed by atoms with van der Waals surface area (Å²) in [5, 5.41) is 3.03. The number of carbonyl (C=O) groups excluding carboxylic acids is 1. The van der Waals surface area contributed by atoms with Gasteiger partial charge in [-0.15, -0.1) is 0 Å². The van der Waals surface area contributed by atoms with E-state index in [0.717, 1.165) is 12.1 Å². The molecule has 0 atom stereocenters. The van der Waals surface area contributed by atoms with Crippen LogP contribution in [0.5, 0.6) is 0 Å². The molecule has 0 radical (unpaired) electrons. The number of hydrogen-bond donors (Lipinski definition) is 1. The second-order valence-corrected chi connectivity index (χ2v) is 7.52. The number of amides is 1. The van der Waals surface area contributed by atoms with Crippen molar-refractivity contribution in [3.63, 3.8) is 0 Å². The highest BCUT2D eigenvalue weighted by atomic mass is 16.1. The van der Waals surface area contributed by atoms with E-state index < -0.39 is 0 Å². The molecule has 1 amide bonds. The van der Waals surface area contributed by atoms with Crippen molar-refractivity contribution in [1.29, 1.82) is 0 Å². The molecule has 0 bridgehead atoms. The number of rotatable bonds is 5. The topological polar surface area (TPSA) is 32.3 Å². The molecule has 0 aliphatic heterocycles.